The first-order valence-corrected chi connectivity index (χ1v) is 11.1. The van der Waals surface area contributed by atoms with Crippen LogP contribution in [0, 0.1) is 5.92 Å². The summed E-state index contributed by atoms with van der Waals surface area (Å²) in [5.74, 6) is 0.840. The van der Waals surface area contributed by atoms with Gasteiger partial charge in [0.1, 0.15) is 17.8 Å². The quantitative estimate of drug-likeness (QED) is 0.678. The molecule has 3 amide bonds. The summed E-state index contributed by atoms with van der Waals surface area (Å²) in [6.07, 6.45) is 2.69. The third kappa shape index (κ3) is 4.04. The molecule has 1 unspecified atom stereocenters. The summed E-state index contributed by atoms with van der Waals surface area (Å²) < 4.78 is 7.34. The Morgan fingerprint density at radius 1 is 1.22 bits per heavy atom. The Hall–Kier alpha value is -3.42. The average Bonchev–Trinajstić information content (AvgIpc) is 3.18. The predicted molar refractivity (Wildman–Crippen MR) is 118 cm³/mol. The van der Waals surface area contributed by atoms with E-state index in [1.54, 1.807) is 29.2 Å². The number of carbonyl (C=O) groups is 3. The van der Waals surface area contributed by atoms with Crippen molar-refractivity contribution in [3.05, 3.63) is 54.2 Å². The van der Waals surface area contributed by atoms with Gasteiger partial charge in [0.15, 0.2) is 6.04 Å². The molecule has 0 bridgehead atoms. The Morgan fingerprint density at radius 2 is 1.97 bits per heavy atom. The van der Waals surface area contributed by atoms with Crippen LogP contribution in [0.1, 0.15) is 38.8 Å². The summed E-state index contributed by atoms with van der Waals surface area (Å²) in [7, 11) is 0. The molecule has 1 aromatic carbocycles. The average molecular weight is 438 g/mol. The zero-order chi connectivity index (χ0) is 22.8. The smallest absolute Gasteiger partial charge is 0.410 e. The maximum atomic E-state index is 13.5. The molecule has 0 aliphatic carbocycles. The van der Waals surface area contributed by atoms with Crippen molar-refractivity contribution in [1.29, 1.82) is 0 Å². The van der Waals surface area contributed by atoms with Gasteiger partial charge in [-0.3, -0.25) is 4.79 Å². The number of hydrogen-bond acceptors (Lipinski definition) is 4. The van der Waals surface area contributed by atoms with Gasteiger partial charge in [-0.1, -0.05) is 32.0 Å². The molecule has 4 atom stereocenters. The van der Waals surface area contributed by atoms with Crippen LogP contribution >= 0.6 is 0 Å². The van der Waals surface area contributed by atoms with E-state index in [4.69, 9.17) is 4.74 Å². The van der Waals surface area contributed by atoms with Gasteiger partial charge in [0, 0.05) is 17.9 Å². The molecule has 0 fully saturated rings. The highest BCUT2D eigenvalue weighted by Gasteiger charge is 2.53. The molecule has 2 aliphatic rings. The third-order valence-corrected chi connectivity index (χ3v) is 6.34. The van der Waals surface area contributed by atoms with Crippen molar-refractivity contribution in [3.8, 4) is 5.75 Å². The fourth-order valence-electron chi connectivity index (χ4n) is 4.31. The molecule has 0 saturated carbocycles. The van der Waals surface area contributed by atoms with Crippen molar-refractivity contribution in [2.45, 2.75) is 51.7 Å². The number of nitrogens with one attached hydrogen (secondary N) is 2. The molecule has 2 aromatic rings. The van der Waals surface area contributed by atoms with Gasteiger partial charge in [-0.15, -0.1) is 0 Å². The van der Waals surface area contributed by atoms with E-state index in [1.807, 2.05) is 49.7 Å². The van der Waals surface area contributed by atoms with Gasteiger partial charge in [-0.25, -0.2) is 14.2 Å². The number of ether oxygens (including phenoxy) is 1. The molecule has 3 heterocycles. The molecular weight excluding hydrogens is 408 g/mol. The van der Waals surface area contributed by atoms with E-state index in [2.05, 4.69) is 10.6 Å². The Kier molecular flexibility index (Phi) is 6.12. The number of nitrogens with zero attached hydrogens (tertiary/aromatic N) is 2. The standard InChI is InChI=1S/C24H28N4O4/c1-4-15(2)21(29)26-20-16(3)27-12-8-9-17-13-18(28(22(17)27)23(20)30)14-25-24(31)32-19-10-6-5-7-11-19/h5-12,15-16,18,20H,4,13-14H2,1-3H3,(H-,25,26,29,31)/p+1/t15-,16?,18+,20+/m1/s1. The Morgan fingerprint density at radius 3 is 2.69 bits per heavy atom. The highest BCUT2D eigenvalue weighted by molar-refractivity contribution is 6.01. The molecule has 168 valence electrons. The minimum atomic E-state index is -0.666. The van der Waals surface area contributed by atoms with E-state index in [0.29, 0.717) is 18.6 Å². The number of pyridine rings is 1. The first-order valence-electron chi connectivity index (χ1n) is 11.1. The fourth-order valence-corrected chi connectivity index (χ4v) is 4.31. The summed E-state index contributed by atoms with van der Waals surface area (Å²) in [5, 5.41) is 5.73. The first-order chi connectivity index (χ1) is 15.4. The number of benzene rings is 1. The van der Waals surface area contributed by atoms with Gasteiger partial charge >= 0.3 is 12.0 Å². The summed E-state index contributed by atoms with van der Waals surface area (Å²) in [6, 6.07) is 11.6. The molecular formula is C24H29N4O4+. The molecule has 0 spiro atoms. The lowest BCUT2D eigenvalue weighted by Crippen LogP contribution is -2.66. The van der Waals surface area contributed by atoms with E-state index >= 15 is 0 Å². The number of amides is 3. The number of anilines is 1. The first kappa shape index (κ1) is 21.8. The molecule has 32 heavy (non-hydrogen) atoms. The minimum absolute atomic E-state index is 0.127. The van der Waals surface area contributed by atoms with E-state index in [0.717, 1.165) is 11.4 Å². The van der Waals surface area contributed by atoms with Gasteiger partial charge < -0.3 is 15.4 Å². The second-order valence-electron chi connectivity index (χ2n) is 8.45. The third-order valence-electron chi connectivity index (χ3n) is 6.34. The zero-order valence-corrected chi connectivity index (χ0v) is 18.6. The van der Waals surface area contributed by atoms with E-state index in [-0.39, 0.29) is 36.4 Å². The van der Waals surface area contributed by atoms with Crippen molar-refractivity contribution >= 4 is 23.7 Å². The summed E-state index contributed by atoms with van der Waals surface area (Å²) in [6.45, 7) is 5.99. The highest BCUT2D eigenvalue weighted by Crippen LogP contribution is 2.34. The number of carbonyl (C=O) groups excluding carboxylic acids is 3. The molecule has 4 rings (SSSR count). The molecule has 0 radical (unpaired) electrons. The van der Waals surface area contributed by atoms with Crippen LogP contribution in [0.3, 0.4) is 0 Å². The minimum Gasteiger partial charge on any atom is -0.410 e. The van der Waals surface area contributed by atoms with E-state index in [9.17, 15) is 14.4 Å². The van der Waals surface area contributed by atoms with Crippen LogP contribution in [-0.2, 0) is 16.0 Å². The van der Waals surface area contributed by atoms with Gasteiger partial charge in [0.05, 0.1) is 12.7 Å². The Bertz CT molecular complexity index is 1030. The van der Waals surface area contributed by atoms with Crippen LogP contribution in [0.2, 0.25) is 0 Å². The van der Waals surface area contributed by atoms with Gasteiger partial charge in [0.2, 0.25) is 5.91 Å². The summed E-state index contributed by atoms with van der Waals surface area (Å²) >= 11 is 0. The number of aromatic nitrogens is 1. The van der Waals surface area contributed by atoms with Crippen LogP contribution in [0.25, 0.3) is 0 Å². The van der Waals surface area contributed by atoms with E-state index in [1.165, 1.54) is 0 Å². The number of hydrogen-bond donors (Lipinski definition) is 2. The lowest BCUT2D eigenvalue weighted by molar-refractivity contribution is -0.711. The second-order valence-corrected chi connectivity index (χ2v) is 8.45. The highest BCUT2D eigenvalue weighted by atomic mass is 16.6. The summed E-state index contributed by atoms with van der Waals surface area (Å²) in [5.41, 5.74) is 1.04. The topological polar surface area (TPSA) is 91.6 Å². The molecule has 2 N–H and O–H groups in total. The monoisotopic (exact) mass is 437 g/mol. The maximum Gasteiger partial charge on any atom is 0.412 e. The molecule has 0 saturated heterocycles. The van der Waals surface area contributed by atoms with Crippen molar-refractivity contribution in [1.82, 2.24) is 10.6 Å². The van der Waals surface area contributed by atoms with Crippen LogP contribution in [0.4, 0.5) is 10.6 Å². The summed E-state index contributed by atoms with van der Waals surface area (Å²) in [4.78, 5) is 40.1. The predicted octanol–water partition coefficient (Wildman–Crippen LogP) is 2.13. The molecule has 2 aliphatic heterocycles. The van der Waals surface area contributed by atoms with Crippen molar-refractivity contribution in [2.75, 3.05) is 11.4 Å². The van der Waals surface area contributed by atoms with Crippen LogP contribution in [0.5, 0.6) is 5.75 Å². The van der Waals surface area contributed by atoms with Crippen LogP contribution in [0.15, 0.2) is 48.7 Å². The van der Waals surface area contributed by atoms with Crippen molar-refractivity contribution in [3.63, 3.8) is 0 Å². The normalized spacial score (nSPS) is 22.2. The lowest BCUT2D eigenvalue weighted by atomic mass is 10.0. The Balaban J connectivity index is 1.51. The Labute approximate surface area is 187 Å². The molecule has 8 heteroatoms. The van der Waals surface area contributed by atoms with Crippen LogP contribution in [-0.4, -0.2) is 36.5 Å². The van der Waals surface area contributed by atoms with Gasteiger partial charge in [-0.2, -0.15) is 4.90 Å². The van der Waals surface area contributed by atoms with Gasteiger partial charge in [-0.05, 0) is 37.6 Å². The van der Waals surface area contributed by atoms with Gasteiger partial charge in [0.25, 0.3) is 5.82 Å². The fraction of sp³-hybridized carbons (Fsp3) is 0.417. The van der Waals surface area contributed by atoms with Crippen molar-refractivity contribution < 1.29 is 23.7 Å². The number of rotatable bonds is 6. The second kappa shape index (κ2) is 8.98. The molecule has 1 aromatic heterocycles. The lowest BCUT2D eigenvalue weighted by Gasteiger charge is -2.33. The SMILES string of the molecule is CC[C@@H](C)C(=O)N[C@@H]1C(=O)N2c3c(ccc[n+]3C1C)C[C@H]2CNC(=O)Oc1ccccc1. The molecule has 8 nitrogen and oxygen atoms in total. The van der Waals surface area contributed by atoms with Crippen LogP contribution < -0.4 is 24.8 Å². The maximum absolute atomic E-state index is 13.5. The zero-order valence-electron chi connectivity index (χ0n) is 18.6. The van der Waals surface area contributed by atoms with E-state index < -0.39 is 12.1 Å². The van der Waals surface area contributed by atoms with Crippen molar-refractivity contribution in [2.24, 2.45) is 5.92 Å². The number of para-hydroxylation sites is 1. The largest absolute Gasteiger partial charge is 0.412 e.